The molecule has 3 heterocycles. The molecule has 1 atom stereocenters. The normalized spacial score (nSPS) is 24.1. The van der Waals surface area contributed by atoms with Crippen LogP contribution in [0.1, 0.15) is 32.1 Å². The predicted molar refractivity (Wildman–Crippen MR) is 106 cm³/mol. The first kappa shape index (κ1) is 17.5. The number of pyridine rings is 1. The number of carbonyl (C=O) groups excluding carboxylic acids is 1. The Bertz CT molecular complexity index is 926. The van der Waals surface area contributed by atoms with Gasteiger partial charge in [-0.25, -0.2) is 9.78 Å². The number of carboxylic acids is 1. The zero-order valence-electron chi connectivity index (χ0n) is 15.9. The number of rotatable bonds is 3. The molecule has 1 spiro atoms. The van der Waals surface area contributed by atoms with E-state index in [1.54, 1.807) is 4.90 Å². The van der Waals surface area contributed by atoms with Gasteiger partial charge in [-0.2, -0.15) is 0 Å². The Kier molecular flexibility index (Phi) is 4.03. The van der Waals surface area contributed by atoms with E-state index in [0.717, 1.165) is 50.0 Å². The number of hydrogen-bond donors (Lipinski definition) is 1. The lowest BCUT2D eigenvalue weighted by Crippen LogP contribution is -2.43. The van der Waals surface area contributed by atoms with Gasteiger partial charge in [-0.05, 0) is 49.0 Å². The van der Waals surface area contributed by atoms with Crippen molar-refractivity contribution < 1.29 is 14.7 Å². The molecular weight excluding hydrogens is 354 g/mol. The fourth-order valence-electron chi connectivity index (χ4n) is 4.98. The van der Waals surface area contributed by atoms with Gasteiger partial charge in [-0.3, -0.25) is 4.79 Å². The number of likely N-dealkylation sites (tertiary alicyclic amines) is 1. The summed E-state index contributed by atoms with van der Waals surface area (Å²) in [7, 11) is 0. The van der Waals surface area contributed by atoms with Crippen LogP contribution in [0.5, 0.6) is 0 Å². The molecule has 2 aliphatic heterocycles. The number of piperidine rings is 1. The first-order chi connectivity index (χ1) is 13.6. The Morgan fingerprint density at radius 2 is 1.86 bits per heavy atom. The van der Waals surface area contributed by atoms with Crippen molar-refractivity contribution in [1.29, 1.82) is 0 Å². The van der Waals surface area contributed by atoms with Crippen LogP contribution in [0.2, 0.25) is 0 Å². The lowest BCUT2D eigenvalue weighted by atomic mass is 9.76. The first-order valence-corrected chi connectivity index (χ1v) is 10.2. The molecule has 3 fully saturated rings. The molecule has 1 amide bonds. The largest absolute Gasteiger partial charge is 0.480 e. The SMILES string of the molecule is O=C(O)C1CC2(CCN(c3nccc4ccccc34)CC2)CN1C(=O)C1CC1. The first-order valence-electron chi connectivity index (χ1n) is 10.2. The summed E-state index contributed by atoms with van der Waals surface area (Å²) in [6.45, 7) is 2.29. The molecule has 1 unspecified atom stereocenters. The van der Waals surface area contributed by atoms with Gasteiger partial charge in [-0.1, -0.05) is 24.3 Å². The molecule has 1 aromatic carbocycles. The Morgan fingerprint density at radius 3 is 2.57 bits per heavy atom. The van der Waals surface area contributed by atoms with E-state index in [1.165, 1.54) is 5.39 Å². The zero-order valence-corrected chi connectivity index (χ0v) is 15.9. The van der Waals surface area contributed by atoms with Crippen LogP contribution >= 0.6 is 0 Å². The number of aliphatic carboxylic acids is 1. The average molecular weight is 379 g/mol. The fourth-order valence-corrected chi connectivity index (χ4v) is 4.98. The molecule has 1 aliphatic carbocycles. The number of carboxylic acid groups (broad SMARTS) is 1. The number of hydrogen-bond acceptors (Lipinski definition) is 4. The fraction of sp³-hybridized carbons (Fsp3) is 0.500. The van der Waals surface area contributed by atoms with E-state index in [-0.39, 0.29) is 17.2 Å². The number of carbonyl (C=O) groups is 2. The molecule has 0 radical (unpaired) electrons. The van der Waals surface area contributed by atoms with Crippen molar-refractivity contribution in [2.75, 3.05) is 24.5 Å². The van der Waals surface area contributed by atoms with Crippen LogP contribution in [-0.2, 0) is 9.59 Å². The molecule has 1 N–H and O–H groups in total. The molecule has 5 rings (SSSR count). The minimum absolute atomic E-state index is 0.0578. The smallest absolute Gasteiger partial charge is 0.326 e. The Labute approximate surface area is 164 Å². The highest BCUT2D eigenvalue weighted by atomic mass is 16.4. The van der Waals surface area contributed by atoms with Crippen molar-refractivity contribution in [3.8, 4) is 0 Å². The summed E-state index contributed by atoms with van der Waals surface area (Å²) in [5, 5.41) is 12.0. The van der Waals surface area contributed by atoms with Gasteiger partial charge < -0.3 is 14.9 Å². The van der Waals surface area contributed by atoms with Crippen LogP contribution in [0, 0.1) is 11.3 Å². The Balaban J connectivity index is 1.35. The second-order valence-corrected chi connectivity index (χ2v) is 8.64. The molecule has 0 bridgehead atoms. The summed E-state index contributed by atoms with van der Waals surface area (Å²) >= 11 is 0. The highest BCUT2D eigenvalue weighted by Gasteiger charge is 2.51. The minimum Gasteiger partial charge on any atom is -0.480 e. The third-order valence-corrected chi connectivity index (χ3v) is 6.78. The van der Waals surface area contributed by atoms with Crippen LogP contribution in [0.25, 0.3) is 10.8 Å². The average Bonchev–Trinajstić information content (AvgIpc) is 3.50. The van der Waals surface area contributed by atoms with Crippen LogP contribution in [-0.4, -0.2) is 52.5 Å². The second kappa shape index (κ2) is 6.47. The van der Waals surface area contributed by atoms with Crippen molar-refractivity contribution in [2.45, 2.75) is 38.1 Å². The molecule has 6 heteroatoms. The molecule has 6 nitrogen and oxygen atoms in total. The summed E-state index contributed by atoms with van der Waals surface area (Å²) in [6, 6.07) is 9.65. The van der Waals surface area contributed by atoms with Crippen molar-refractivity contribution in [3.63, 3.8) is 0 Å². The third-order valence-electron chi connectivity index (χ3n) is 6.78. The Morgan fingerprint density at radius 1 is 1.11 bits per heavy atom. The number of amides is 1. The second-order valence-electron chi connectivity index (χ2n) is 8.64. The van der Waals surface area contributed by atoms with Crippen molar-refractivity contribution in [2.24, 2.45) is 11.3 Å². The standard InChI is InChI=1S/C22H25N3O3/c26-20(16-5-6-16)25-14-22(13-18(25)21(27)28)8-11-24(12-9-22)19-17-4-2-1-3-15(17)7-10-23-19/h1-4,7,10,16,18H,5-6,8-9,11-14H2,(H,27,28). The van der Waals surface area contributed by atoms with E-state index < -0.39 is 12.0 Å². The quantitative estimate of drug-likeness (QED) is 0.888. The van der Waals surface area contributed by atoms with Crippen molar-refractivity contribution in [1.82, 2.24) is 9.88 Å². The molecule has 3 aliphatic rings. The summed E-state index contributed by atoms with van der Waals surface area (Å²) < 4.78 is 0. The Hall–Kier alpha value is -2.63. The van der Waals surface area contributed by atoms with E-state index in [0.29, 0.717) is 13.0 Å². The third kappa shape index (κ3) is 2.91. The van der Waals surface area contributed by atoms with Crippen LogP contribution in [0.15, 0.2) is 36.5 Å². The maximum atomic E-state index is 12.6. The predicted octanol–water partition coefficient (Wildman–Crippen LogP) is 2.92. The molecule has 1 saturated carbocycles. The number of benzene rings is 1. The molecule has 28 heavy (non-hydrogen) atoms. The van der Waals surface area contributed by atoms with E-state index in [2.05, 4.69) is 22.0 Å². The number of aromatic nitrogens is 1. The van der Waals surface area contributed by atoms with Gasteiger partial charge in [0.1, 0.15) is 11.9 Å². The van der Waals surface area contributed by atoms with Gasteiger partial charge in [0.05, 0.1) is 0 Å². The monoisotopic (exact) mass is 379 g/mol. The molecule has 2 saturated heterocycles. The van der Waals surface area contributed by atoms with Crippen LogP contribution in [0.4, 0.5) is 5.82 Å². The van der Waals surface area contributed by atoms with Gasteiger partial charge in [0.15, 0.2) is 0 Å². The molecular formula is C22H25N3O3. The molecule has 2 aromatic rings. The zero-order chi connectivity index (χ0) is 19.3. The minimum atomic E-state index is -0.857. The summed E-state index contributed by atoms with van der Waals surface area (Å²) in [6.07, 6.45) is 6.06. The van der Waals surface area contributed by atoms with Gasteiger partial charge in [0.25, 0.3) is 0 Å². The van der Waals surface area contributed by atoms with Crippen LogP contribution in [0.3, 0.4) is 0 Å². The van der Waals surface area contributed by atoms with Crippen molar-refractivity contribution >= 4 is 28.5 Å². The van der Waals surface area contributed by atoms with Gasteiger partial charge in [-0.15, -0.1) is 0 Å². The van der Waals surface area contributed by atoms with E-state index in [1.807, 2.05) is 24.4 Å². The lowest BCUT2D eigenvalue weighted by molar-refractivity contribution is -0.148. The summed E-state index contributed by atoms with van der Waals surface area (Å²) in [5.74, 6) is 0.273. The van der Waals surface area contributed by atoms with Gasteiger partial charge in [0, 0.05) is 37.1 Å². The van der Waals surface area contributed by atoms with E-state index >= 15 is 0 Å². The summed E-state index contributed by atoms with van der Waals surface area (Å²) in [4.78, 5) is 33.0. The van der Waals surface area contributed by atoms with Gasteiger partial charge in [0.2, 0.25) is 5.91 Å². The van der Waals surface area contributed by atoms with Gasteiger partial charge >= 0.3 is 5.97 Å². The topological polar surface area (TPSA) is 73.7 Å². The van der Waals surface area contributed by atoms with E-state index in [9.17, 15) is 14.7 Å². The summed E-state index contributed by atoms with van der Waals surface area (Å²) in [5.41, 5.74) is -0.0747. The maximum Gasteiger partial charge on any atom is 0.326 e. The highest BCUT2D eigenvalue weighted by Crippen LogP contribution is 2.46. The van der Waals surface area contributed by atoms with Crippen LogP contribution < -0.4 is 4.90 Å². The number of anilines is 1. The lowest BCUT2D eigenvalue weighted by Gasteiger charge is -2.40. The number of nitrogens with zero attached hydrogens (tertiary/aromatic N) is 3. The van der Waals surface area contributed by atoms with Crippen molar-refractivity contribution in [3.05, 3.63) is 36.5 Å². The maximum absolute atomic E-state index is 12.6. The number of fused-ring (bicyclic) bond motifs is 1. The van der Waals surface area contributed by atoms with E-state index in [4.69, 9.17) is 0 Å². The highest BCUT2D eigenvalue weighted by molar-refractivity contribution is 5.92. The molecule has 146 valence electrons. The molecule has 1 aromatic heterocycles.